The normalized spacial score (nSPS) is 13.6. The largest absolute Gasteiger partial charge is 0.396 e. The van der Waals surface area contributed by atoms with Crippen LogP contribution in [0.15, 0.2) is 12.1 Å². The topological polar surface area (TPSA) is 61.4 Å². The van der Waals surface area contributed by atoms with Gasteiger partial charge >= 0.3 is 6.03 Å². The van der Waals surface area contributed by atoms with Crippen LogP contribution >= 0.6 is 23.2 Å². The van der Waals surface area contributed by atoms with E-state index in [1.54, 1.807) is 6.92 Å². The highest BCUT2D eigenvalue weighted by Gasteiger charge is 2.18. The molecule has 1 aromatic rings. The molecule has 0 saturated carbocycles. The van der Waals surface area contributed by atoms with Gasteiger partial charge in [0.05, 0.1) is 11.1 Å². The van der Waals surface area contributed by atoms with Crippen LogP contribution < -0.4 is 10.6 Å². The summed E-state index contributed by atoms with van der Waals surface area (Å²) in [5.74, 6) is -0.418. The molecule has 4 nitrogen and oxygen atoms in total. The number of benzene rings is 1. The van der Waals surface area contributed by atoms with Gasteiger partial charge in [-0.25, -0.2) is 9.18 Å². The summed E-state index contributed by atoms with van der Waals surface area (Å²) in [6.45, 7) is 4.10. The molecule has 21 heavy (non-hydrogen) atoms. The van der Waals surface area contributed by atoms with Crippen LogP contribution in [0.25, 0.3) is 0 Å². The number of aliphatic hydroxyl groups excluding tert-OH is 1. The summed E-state index contributed by atoms with van der Waals surface area (Å²) in [7, 11) is 0. The van der Waals surface area contributed by atoms with E-state index in [0.29, 0.717) is 23.6 Å². The van der Waals surface area contributed by atoms with Crippen molar-refractivity contribution in [2.75, 3.05) is 13.2 Å². The van der Waals surface area contributed by atoms with E-state index in [9.17, 15) is 9.18 Å². The zero-order valence-electron chi connectivity index (χ0n) is 11.9. The Morgan fingerprint density at radius 2 is 2.05 bits per heavy atom. The average Bonchev–Trinajstić information content (AvgIpc) is 2.41. The van der Waals surface area contributed by atoms with Crippen molar-refractivity contribution in [2.24, 2.45) is 5.92 Å². The summed E-state index contributed by atoms with van der Waals surface area (Å²) in [5.41, 5.74) is 0.344. The van der Waals surface area contributed by atoms with Crippen molar-refractivity contribution in [3.8, 4) is 0 Å². The van der Waals surface area contributed by atoms with E-state index in [4.69, 9.17) is 28.3 Å². The molecule has 3 N–H and O–H groups in total. The van der Waals surface area contributed by atoms with Crippen LogP contribution in [0.5, 0.6) is 0 Å². The minimum absolute atomic E-state index is 0.0787. The molecule has 1 aromatic carbocycles. The number of carbonyl (C=O) groups is 1. The molecule has 0 heterocycles. The van der Waals surface area contributed by atoms with Crippen molar-refractivity contribution in [1.29, 1.82) is 0 Å². The maximum atomic E-state index is 13.5. The molecular formula is C14H19Cl2FN2O2. The number of rotatable bonds is 6. The Hall–Kier alpha value is -1.04. The Kier molecular flexibility index (Phi) is 7.22. The molecule has 2 amide bonds. The predicted octanol–water partition coefficient (Wildman–Crippen LogP) is 3.51. The van der Waals surface area contributed by atoms with Gasteiger partial charge in [0.25, 0.3) is 0 Å². The number of hydrogen-bond donors (Lipinski definition) is 3. The van der Waals surface area contributed by atoms with Crippen molar-refractivity contribution in [2.45, 2.75) is 26.3 Å². The van der Waals surface area contributed by atoms with Gasteiger partial charge in [0, 0.05) is 23.7 Å². The van der Waals surface area contributed by atoms with Gasteiger partial charge in [-0.2, -0.15) is 0 Å². The first-order valence-electron chi connectivity index (χ1n) is 6.65. The number of aliphatic hydroxyl groups is 1. The quantitative estimate of drug-likeness (QED) is 0.696. The van der Waals surface area contributed by atoms with Gasteiger partial charge in [-0.15, -0.1) is 0 Å². The van der Waals surface area contributed by atoms with E-state index in [1.165, 1.54) is 12.1 Å². The van der Waals surface area contributed by atoms with E-state index in [0.717, 1.165) is 0 Å². The Labute approximate surface area is 133 Å². The Balaban J connectivity index is 2.63. The molecule has 0 saturated heterocycles. The van der Waals surface area contributed by atoms with Crippen LogP contribution in [-0.4, -0.2) is 24.3 Å². The summed E-state index contributed by atoms with van der Waals surface area (Å²) in [4.78, 5) is 11.8. The van der Waals surface area contributed by atoms with Gasteiger partial charge in [0.2, 0.25) is 0 Å². The van der Waals surface area contributed by atoms with Crippen LogP contribution in [0.1, 0.15) is 31.9 Å². The molecule has 0 aromatic heterocycles. The molecule has 0 bridgehead atoms. The summed E-state index contributed by atoms with van der Waals surface area (Å²) in [5, 5.41) is 14.3. The summed E-state index contributed by atoms with van der Waals surface area (Å²) >= 11 is 11.9. The molecule has 0 aliphatic heterocycles. The molecule has 0 fully saturated rings. The molecule has 118 valence electrons. The van der Waals surface area contributed by atoms with Crippen molar-refractivity contribution >= 4 is 29.2 Å². The second kappa shape index (κ2) is 8.41. The van der Waals surface area contributed by atoms with E-state index in [-0.39, 0.29) is 17.5 Å². The minimum atomic E-state index is -0.582. The smallest absolute Gasteiger partial charge is 0.315 e. The predicted molar refractivity (Wildman–Crippen MR) is 82.2 cm³/mol. The highest BCUT2D eigenvalue weighted by molar-refractivity contribution is 6.36. The van der Waals surface area contributed by atoms with Gasteiger partial charge < -0.3 is 15.7 Å². The summed E-state index contributed by atoms with van der Waals surface area (Å²) in [6, 6.07) is 1.65. The fourth-order valence-electron chi connectivity index (χ4n) is 1.85. The highest BCUT2D eigenvalue weighted by Crippen LogP contribution is 2.32. The van der Waals surface area contributed by atoms with Crippen molar-refractivity contribution in [3.05, 3.63) is 33.6 Å². The van der Waals surface area contributed by atoms with Gasteiger partial charge in [-0.3, -0.25) is 0 Å². The first-order valence-corrected chi connectivity index (χ1v) is 7.41. The molecule has 0 spiro atoms. The van der Waals surface area contributed by atoms with Crippen LogP contribution in [-0.2, 0) is 0 Å². The Bertz CT molecular complexity index is 500. The Morgan fingerprint density at radius 1 is 1.38 bits per heavy atom. The molecule has 0 aliphatic carbocycles. The average molecular weight is 337 g/mol. The zero-order chi connectivity index (χ0) is 16.0. The number of carbonyl (C=O) groups excluding carboxylic acids is 1. The molecule has 0 radical (unpaired) electrons. The van der Waals surface area contributed by atoms with Gasteiger partial charge in [0.1, 0.15) is 5.82 Å². The number of halogens is 3. The molecule has 7 heteroatoms. The standard InChI is InChI=1S/C14H19Cl2FN2O2/c1-8(5-6-20)7-18-14(21)19-9(2)12-10(15)3-4-11(17)13(12)16/h3-4,8-9,20H,5-7H2,1-2H3,(H2,18,19,21). The third-order valence-corrected chi connectivity index (χ3v) is 3.81. The van der Waals surface area contributed by atoms with Crippen molar-refractivity contribution < 1.29 is 14.3 Å². The second-order valence-corrected chi connectivity index (χ2v) is 5.74. The molecule has 0 aliphatic rings. The molecular weight excluding hydrogens is 318 g/mol. The van der Waals surface area contributed by atoms with Gasteiger partial charge in [-0.05, 0) is 31.4 Å². The van der Waals surface area contributed by atoms with Crippen LogP contribution in [0, 0.1) is 11.7 Å². The van der Waals surface area contributed by atoms with Crippen LogP contribution in [0.4, 0.5) is 9.18 Å². The van der Waals surface area contributed by atoms with E-state index < -0.39 is 17.9 Å². The van der Waals surface area contributed by atoms with E-state index >= 15 is 0 Å². The first kappa shape index (κ1) is 18.0. The number of nitrogens with one attached hydrogen (secondary N) is 2. The van der Waals surface area contributed by atoms with Gasteiger partial charge in [-0.1, -0.05) is 30.1 Å². The second-order valence-electron chi connectivity index (χ2n) is 4.95. The van der Waals surface area contributed by atoms with Gasteiger partial charge in [0.15, 0.2) is 0 Å². The summed E-state index contributed by atoms with van der Waals surface area (Å²) in [6.07, 6.45) is 0.609. The summed E-state index contributed by atoms with van der Waals surface area (Å²) < 4.78 is 13.5. The Morgan fingerprint density at radius 3 is 2.67 bits per heavy atom. The number of urea groups is 1. The number of amides is 2. The third kappa shape index (κ3) is 5.34. The van der Waals surface area contributed by atoms with Crippen molar-refractivity contribution in [3.63, 3.8) is 0 Å². The minimum Gasteiger partial charge on any atom is -0.396 e. The maximum absolute atomic E-state index is 13.5. The zero-order valence-corrected chi connectivity index (χ0v) is 13.4. The van der Waals surface area contributed by atoms with E-state index in [1.807, 2.05) is 6.92 Å². The van der Waals surface area contributed by atoms with Crippen LogP contribution in [0.2, 0.25) is 10.0 Å². The molecule has 2 unspecified atom stereocenters. The molecule has 2 atom stereocenters. The first-order chi connectivity index (χ1) is 9.86. The van der Waals surface area contributed by atoms with Crippen molar-refractivity contribution in [1.82, 2.24) is 10.6 Å². The lowest BCUT2D eigenvalue weighted by Gasteiger charge is -2.19. The van der Waals surface area contributed by atoms with Crippen LogP contribution in [0.3, 0.4) is 0 Å². The highest BCUT2D eigenvalue weighted by atomic mass is 35.5. The lowest BCUT2D eigenvalue weighted by atomic mass is 10.1. The fraction of sp³-hybridized carbons (Fsp3) is 0.500. The maximum Gasteiger partial charge on any atom is 0.315 e. The fourth-order valence-corrected chi connectivity index (χ4v) is 2.55. The SMILES string of the molecule is CC(CCO)CNC(=O)NC(C)c1c(Cl)ccc(F)c1Cl. The lowest BCUT2D eigenvalue weighted by molar-refractivity contribution is 0.231. The number of hydrogen-bond acceptors (Lipinski definition) is 2. The monoisotopic (exact) mass is 336 g/mol. The third-order valence-electron chi connectivity index (χ3n) is 3.09. The lowest BCUT2D eigenvalue weighted by Crippen LogP contribution is -2.39. The molecule has 1 rings (SSSR count). The van der Waals surface area contributed by atoms with E-state index in [2.05, 4.69) is 10.6 Å².